The summed E-state index contributed by atoms with van der Waals surface area (Å²) in [5.74, 6) is 0.574. The minimum Gasteiger partial charge on any atom is -0.370 e. The molecule has 0 unspecified atom stereocenters. The molecule has 110 valence electrons. The van der Waals surface area contributed by atoms with Crippen LogP contribution in [0, 0.1) is 13.8 Å². The number of hydrogen-bond donors (Lipinski definition) is 2. The Labute approximate surface area is 133 Å². The molecule has 2 rings (SSSR count). The summed E-state index contributed by atoms with van der Waals surface area (Å²) in [5, 5.41) is 6.04. The molecule has 0 fully saturated rings. The van der Waals surface area contributed by atoms with Crippen LogP contribution in [0.2, 0.25) is 0 Å². The molecule has 21 heavy (non-hydrogen) atoms. The summed E-state index contributed by atoms with van der Waals surface area (Å²) in [6.07, 6.45) is 0. The van der Waals surface area contributed by atoms with Gasteiger partial charge in [-0.15, -0.1) is 0 Å². The predicted octanol–water partition coefficient (Wildman–Crippen LogP) is 4.15. The van der Waals surface area contributed by atoms with Gasteiger partial charge in [-0.3, -0.25) is 4.79 Å². The van der Waals surface area contributed by atoms with Crippen LogP contribution < -0.4 is 10.6 Å². The molecule has 1 aromatic heterocycles. The zero-order valence-electron chi connectivity index (χ0n) is 12.3. The van der Waals surface area contributed by atoms with Gasteiger partial charge in [-0.25, -0.2) is 4.98 Å². The van der Waals surface area contributed by atoms with Gasteiger partial charge in [0.2, 0.25) is 0 Å². The van der Waals surface area contributed by atoms with Gasteiger partial charge < -0.3 is 10.6 Å². The number of pyridine rings is 1. The fraction of sp³-hybridized carbons (Fsp3) is 0.250. The topological polar surface area (TPSA) is 54.0 Å². The Hall–Kier alpha value is -1.88. The van der Waals surface area contributed by atoms with E-state index in [1.807, 2.05) is 39.0 Å². The SMILES string of the molecule is CCNc1cc(C(=O)Nc2cc(C)cc(Br)c2)cc(C)n1. The number of carbonyl (C=O) groups excluding carboxylic acids is 1. The van der Waals surface area contributed by atoms with Crippen molar-refractivity contribution in [2.45, 2.75) is 20.8 Å². The van der Waals surface area contributed by atoms with Gasteiger partial charge in [0, 0.05) is 28.0 Å². The lowest BCUT2D eigenvalue weighted by Crippen LogP contribution is -2.13. The summed E-state index contributed by atoms with van der Waals surface area (Å²) in [5.41, 5.74) is 3.25. The lowest BCUT2D eigenvalue weighted by molar-refractivity contribution is 0.102. The van der Waals surface area contributed by atoms with Crippen LogP contribution in [0.1, 0.15) is 28.5 Å². The molecular weight excluding hydrogens is 330 g/mol. The first-order valence-electron chi connectivity index (χ1n) is 6.79. The zero-order valence-corrected chi connectivity index (χ0v) is 13.9. The van der Waals surface area contributed by atoms with Gasteiger partial charge in [0.05, 0.1) is 0 Å². The highest BCUT2D eigenvalue weighted by Gasteiger charge is 2.09. The maximum absolute atomic E-state index is 12.4. The Morgan fingerprint density at radius 2 is 1.95 bits per heavy atom. The molecule has 0 saturated carbocycles. The van der Waals surface area contributed by atoms with Crippen molar-refractivity contribution in [2.75, 3.05) is 17.2 Å². The average Bonchev–Trinajstić information content (AvgIpc) is 2.37. The van der Waals surface area contributed by atoms with Crippen LogP contribution in [-0.4, -0.2) is 17.4 Å². The van der Waals surface area contributed by atoms with Crippen LogP contribution in [0.4, 0.5) is 11.5 Å². The number of aryl methyl sites for hydroxylation is 2. The first-order chi connectivity index (χ1) is 9.97. The van der Waals surface area contributed by atoms with E-state index >= 15 is 0 Å². The fourth-order valence-electron chi connectivity index (χ4n) is 2.08. The van der Waals surface area contributed by atoms with Gasteiger partial charge >= 0.3 is 0 Å². The second kappa shape index (κ2) is 6.72. The molecule has 1 heterocycles. The molecule has 2 aromatic rings. The number of halogens is 1. The number of amides is 1. The third-order valence-corrected chi connectivity index (χ3v) is 3.33. The summed E-state index contributed by atoms with van der Waals surface area (Å²) in [6.45, 7) is 6.62. The third kappa shape index (κ3) is 4.29. The number of aromatic nitrogens is 1. The second-order valence-electron chi connectivity index (χ2n) is 4.88. The Balaban J connectivity index is 2.23. The van der Waals surface area contributed by atoms with E-state index in [1.54, 1.807) is 12.1 Å². The molecule has 5 heteroatoms. The number of nitrogens with one attached hydrogen (secondary N) is 2. The average molecular weight is 348 g/mol. The van der Waals surface area contributed by atoms with E-state index in [0.717, 1.165) is 28.0 Å². The lowest BCUT2D eigenvalue weighted by Gasteiger charge is -2.10. The van der Waals surface area contributed by atoms with Crippen molar-refractivity contribution in [3.8, 4) is 0 Å². The van der Waals surface area contributed by atoms with Gasteiger partial charge in [-0.2, -0.15) is 0 Å². The van der Waals surface area contributed by atoms with Crippen molar-refractivity contribution in [1.82, 2.24) is 4.98 Å². The Morgan fingerprint density at radius 1 is 1.19 bits per heavy atom. The van der Waals surface area contributed by atoms with Crippen LogP contribution in [0.15, 0.2) is 34.8 Å². The molecule has 1 aromatic carbocycles. The maximum Gasteiger partial charge on any atom is 0.255 e. The van der Waals surface area contributed by atoms with Crippen LogP contribution >= 0.6 is 15.9 Å². The normalized spacial score (nSPS) is 10.3. The minimum absolute atomic E-state index is 0.142. The molecule has 0 aliphatic carbocycles. The number of nitrogens with zero attached hydrogens (tertiary/aromatic N) is 1. The Kier molecular flexibility index (Phi) is 4.96. The number of benzene rings is 1. The number of carbonyl (C=O) groups is 1. The first kappa shape index (κ1) is 15.5. The quantitative estimate of drug-likeness (QED) is 0.873. The van der Waals surface area contributed by atoms with Crippen LogP contribution in [-0.2, 0) is 0 Å². The summed E-state index contributed by atoms with van der Waals surface area (Å²) in [4.78, 5) is 16.7. The van der Waals surface area contributed by atoms with Crippen molar-refractivity contribution in [1.29, 1.82) is 0 Å². The van der Waals surface area contributed by atoms with E-state index in [4.69, 9.17) is 0 Å². The highest BCUT2D eigenvalue weighted by atomic mass is 79.9. The van der Waals surface area contributed by atoms with Gasteiger partial charge in [0.25, 0.3) is 5.91 Å². The Morgan fingerprint density at radius 3 is 2.62 bits per heavy atom. The summed E-state index contributed by atoms with van der Waals surface area (Å²) in [6, 6.07) is 9.35. The second-order valence-corrected chi connectivity index (χ2v) is 5.80. The van der Waals surface area contributed by atoms with E-state index in [0.29, 0.717) is 11.4 Å². The van der Waals surface area contributed by atoms with Crippen LogP contribution in [0.5, 0.6) is 0 Å². The van der Waals surface area contributed by atoms with Crippen LogP contribution in [0.3, 0.4) is 0 Å². The first-order valence-corrected chi connectivity index (χ1v) is 7.58. The molecule has 2 N–H and O–H groups in total. The van der Waals surface area contributed by atoms with Crippen molar-refractivity contribution >= 4 is 33.3 Å². The zero-order chi connectivity index (χ0) is 15.4. The minimum atomic E-state index is -0.142. The number of hydrogen-bond acceptors (Lipinski definition) is 3. The smallest absolute Gasteiger partial charge is 0.255 e. The molecule has 0 bridgehead atoms. The Bertz CT molecular complexity index is 650. The molecule has 0 atom stereocenters. The standard InChI is InChI=1S/C16H18BrN3O/c1-4-18-15-8-12(7-11(3)19-15)16(21)20-14-6-10(2)5-13(17)9-14/h5-9H,4H2,1-3H3,(H,18,19)(H,20,21). The predicted molar refractivity (Wildman–Crippen MR) is 90.0 cm³/mol. The monoisotopic (exact) mass is 347 g/mol. The molecule has 4 nitrogen and oxygen atoms in total. The number of anilines is 2. The largest absolute Gasteiger partial charge is 0.370 e. The molecule has 1 amide bonds. The van der Waals surface area contributed by atoms with Crippen molar-refractivity contribution < 1.29 is 4.79 Å². The summed E-state index contributed by atoms with van der Waals surface area (Å²) < 4.78 is 0.942. The third-order valence-electron chi connectivity index (χ3n) is 2.87. The number of rotatable bonds is 4. The van der Waals surface area contributed by atoms with E-state index in [9.17, 15) is 4.79 Å². The lowest BCUT2D eigenvalue weighted by atomic mass is 10.2. The van der Waals surface area contributed by atoms with Crippen molar-refractivity contribution in [3.63, 3.8) is 0 Å². The van der Waals surface area contributed by atoms with Gasteiger partial charge in [0.15, 0.2) is 0 Å². The maximum atomic E-state index is 12.4. The molecule has 0 saturated heterocycles. The molecule has 0 aliphatic rings. The van der Waals surface area contributed by atoms with Gasteiger partial charge in [-0.1, -0.05) is 15.9 Å². The molecule has 0 radical (unpaired) electrons. The highest BCUT2D eigenvalue weighted by Crippen LogP contribution is 2.20. The molecule has 0 aliphatic heterocycles. The molecular formula is C16H18BrN3O. The molecule has 0 spiro atoms. The fourth-order valence-corrected chi connectivity index (χ4v) is 2.69. The summed E-state index contributed by atoms with van der Waals surface area (Å²) >= 11 is 3.43. The van der Waals surface area contributed by atoms with Crippen molar-refractivity contribution in [3.05, 3.63) is 51.6 Å². The van der Waals surface area contributed by atoms with E-state index in [1.165, 1.54) is 0 Å². The van der Waals surface area contributed by atoms with Gasteiger partial charge in [-0.05, 0) is 56.7 Å². The van der Waals surface area contributed by atoms with Gasteiger partial charge in [0.1, 0.15) is 5.82 Å². The van der Waals surface area contributed by atoms with Crippen LogP contribution in [0.25, 0.3) is 0 Å². The highest BCUT2D eigenvalue weighted by molar-refractivity contribution is 9.10. The van der Waals surface area contributed by atoms with E-state index in [-0.39, 0.29) is 5.91 Å². The van der Waals surface area contributed by atoms with E-state index < -0.39 is 0 Å². The summed E-state index contributed by atoms with van der Waals surface area (Å²) in [7, 11) is 0. The van der Waals surface area contributed by atoms with E-state index in [2.05, 4.69) is 31.5 Å². The van der Waals surface area contributed by atoms with Crippen molar-refractivity contribution in [2.24, 2.45) is 0 Å².